The van der Waals surface area contributed by atoms with Gasteiger partial charge in [-0.25, -0.2) is 0 Å². The average molecular weight is 361 g/mol. The quantitative estimate of drug-likeness (QED) is 0.677. The molecule has 0 radical (unpaired) electrons. The minimum atomic E-state index is -0.424. The van der Waals surface area contributed by atoms with Crippen LogP contribution in [0.4, 0.5) is 5.69 Å². The maximum absolute atomic E-state index is 13.5. The fourth-order valence-electron chi connectivity index (χ4n) is 4.28. The van der Waals surface area contributed by atoms with Gasteiger partial charge in [0.05, 0.1) is 12.0 Å². The summed E-state index contributed by atoms with van der Waals surface area (Å²) in [5.41, 5.74) is 3.97. The number of hydrogen-bond acceptors (Lipinski definition) is 2. The van der Waals surface area contributed by atoms with Gasteiger partial charge < -0.3 is 4.90 Å². The molecule has 26 heavy (non-hydrogen) atoms. The zero-order valence-electron chi connectivity index (χ0n) is 14.1. The molecule has 0 unspecified atom stereocenters. The molecule has 2 aromatic carbocycles. The van der Waals surface area contributed by atoms with Gasteiger partial charge in [-0.3, -0.25) is 9.78 Å². The number of hydrogen-bond donors (Lipinski definition) is 0. The lowest BCUT2D eigenvalue weighted by molar-refractivity contribution is -0.120. The molecular formula is C22H17ClN2O. The standard InChI is InChI=1S/C22H17ClN2O/c23-17-9-7-16(8-10-17)19-12-22(19)18-5-1-2-6-20(18)25(21(22)26)14-15-4-3-11-24-13-15/h1-11,13,19H,12,14H2/t19-,22-/m1/s1. The van der Waals surface area contributed by atoms with Crippen LogP contribution >= 0.6 is 11.6 Å². The lowest BCUT2D eigenvalue weighted by Gasteiger charge is -2.18. The van der Waals surface area contributed by atoms with Crippen molar-refractivity contribution < 1.29 is 4.79 Å². The highest BCUT2D eigenvalue weighted by atomic mass is 35.5. The number of fused-ring (bicyclic) bond motifs is 2. The number of carbonyl (C=O) groups is 1. The van der Waals surface area contributed by atoms with Crippen LogP contribution in [0.1, 0.15) is 29.0 Å². The molecule has 5 rings (SSSR count). The highest BCUT2D eigenvalue weighted by Crippen LogP contribution is 2.66. The highest BCUT2D eigenvalue weighted by molar-refractivity contribution is 6.30. The number of para-hydroxylation sites is 1. The summed E-state index contributed by atoms with van der Waals surface area (Å²) in [5.74, 6) is 0.412. The van der Waals surface area contributed by atoms with Crippen molar-refractivity contribution >= 4 is 23.2 Å². The molecule has 1 aromatic heterocycles. The van der Waals surface area contributed by atoms with Gasteiger partial charge in [-0.1, -0.05) is 48.0 Å². The first kappa shape index (κ1) is 15.6. The molecule has 1 aliphatic carbocycles. The Balaban J connectivity index is 1.54. The Bertz CT molecular complexity index is 987. The molecule has 3 aromatic rings. The van der Waals surface area contributed by atoms with Gasteiger partial charge in [0, 0.05) is 29.0 Å². The Hall–Kier alpha value is -2.65. The summed E-state index contributed by atoms with van der Waals surface area (Å²) in [6, 6.07) is 20.0. The first-order valence-electron chi connectivity index (χ1n) is 8.76. The van der Waals surface area contributed by atoms with Crippen LogP contribution in [0.5, 0.6) is 0 Å². The third-order valence-corrected chi connectivity index (χ3v) is 5.85. The van der Waals surface area contributed by atoms with Crippen LogP contribution < -0.4 is 4.90 Å². The summed E-state index contributed by atoms with van der Waals surface area (Å²) in [4.78, 5) is 19.6. The largest absolute Gasteiger partial charge is 0.307 e. The van der Waals surface area contributed by atoms with E-state index in [4.69, 9.17) is 11.6 Å². The van der Waals surface area contributed by atoms with E-state index in [9.17, 15) is 4.79 Å². The van der Waals surface area contributed by atoms with Gasteiger partial charge in [0.1, 0.15) is 0 Å². The van der Waals surface area contributed by atoms with E-state index >= 15 is 0 Å². The Kier molecular flexibility index (Phi) is 3.41. The van der Waals surface area contributed by atoms with Crippen molar-refractivity contribution in [2.75, 3.05) is 4.90 Å². The molecule has 4 heteroatoms. The zero-order valence-corrected chi connectivity index (χ0v) is 14.9. The van der Waals surface area contributed by atoms with Crippen LogP contribution in [0.3, 0.4) is 0 Å². The van der Waals surface area contributed by atoms with Crippen molar-refractivity contribution in [2.45, 2.75) is 24.3 Å². The molecule has 1 saturated carbocycles. The summed E-state index contributed by atoms with van der Waals surface area (Å²) in [7, 11) is 0. The minimum absolute atomic E-state index is 0.197. The summed E-state index contributed by atoms with van der Waals surface area (Å²) in [6.07, 6.45) is 4.43. The minimum Gasteiger partial charge on any atom is -0.307 e. The van der Waals surface area contributed by atoms with E-state index in [-0.39, 0.29) is 11.8 Å². The number of anilines is 1. The lowest BCUT2D eigenvalue weighted by atomic mass is 9.92. The van der Waals surface area contributed by atoms with Crippen LogP contribution in [0.25, 0.3) is 0 Å². The van der Waals surface area contributed by atoms with Crippen molar-refractivity contribution in [3.05, 3.63) is 94.8 Å². The number of benzene rings is 2. The lowest BCUT2D eigenvalue weighted by Crippen LogP contribution is -2.32. The van der Waals surface area contributed by atoms with Gasteiger partial charge in [-0.2, -0.15) is 0 Å². The van der Waals surface area contributed by atoms with E-state index in [1.807, 2.05) is 59.6 Å². The average Bonchev–Trinajstić information content (AvgIpc) is 3.39. The Morgan fingerprint density at radius 2 is 1.88 bits per heavy atom. The van der Waals surface area contributed by atoms with E-state index in [1.165, 1.54) is 5.56 Å². The molecule has 0 N–H and O–H groups in total. The molecule has 2 atom stereocenters. The second kappa shape index (κ2) is 5.68. The maximum Gasteiger partial charge on any atom is 0.238 e. The molecule has 1 spiro atoms. The van der Waals surface area contributed by atoms with Crippen LogP contribution in [-0.4, -0.2) is 10.9 Å². The Labute approximate surface area is 157 Å². The predicted octanol–water partition coefficient (Wildman–Crippen LogP) is 4.71. The van der Waals surface area contributed by atoms with E-state index < -0.39 is 5.41 Å². The van der Waals surface area contributed by atoms with Crippen LogP contribution in [-0.2, 0) is 16.8 Å². The van der Waals surface area contributed by atoms with E-state index in [1.54, 1.807) is 6.20 Å². The second-order valence-corrected chi connectivity index (χ2v) is 7.49. The number of carbonyl (C=O) groups excluding carboxylic acids is 1. The smallest absolute Gasteiger partial charge is 0.238 e. The third-order valence-electron chi connectivity index (χ3n) is 5.60. The van der Waals surface area contributed by atoms with Gasteiger partial charge in [0.2, 0.25) is 5.91 Å². The molecular weight excluding hydrogens is 344 g/mol. The van der Waals surface area contributed by atoms with E-state index in [0.29, 0.717) is 6.54 Å². The van der Waals surface area contributed by atoms with Crippen LogP contribution in [0, 0.1) is 0 Å². The van der Waals surface area contributed by atoms with Crippen LogP contribution in [0.15, 0.2) is 73.1 Å². The topological polar surface area (TPSA) is 33.2 Å². The molecule has 3 nitrogen and oxygen atoms in total. The van der Waals surface area contributed by atoms with Gasteiger partial charge in [0.15, 0.2) is 0 Å². The van der Waals surface area contributed by atoms with Gasteiger partial charge >= 0.3 is 0 Å². The Morgan fingerprint density at radius 3 is 2.65 bits per heavy atom. The summed E-state index contributed by atoms with van der Waals surface area (Å²) in [5, 5.41) is 0.722. The zero-order chi connectivity index (χ0) is 17.7. The number of aromatic nitrogens is 1. The van der Waals surface area contributed by atoms with Gasteiger partial charge in [-0.15, -0.1) is 0 Å². The number of halogens is 1. The predicted molar refractivity (Wildman–Crippen MR) is 102 cm³/mol. The summed E-state index contributed by atoms with van der Waals surface area (Å²) >= 11 is 6.03. The van der Waals surface area contributed by atoms with Crippen molar-refractivity contribution in [1.82, 2.24) is 4.98 Å². The SMILES string of the molecule is O=C1N(Cc2cccnc2)c2ccccc2[C@@]12C[C@@H]2c1ccc(Cl)cc1. The first-order chi connectivity index (χ1) is 12.7. The number of rotatable bonds is 3. The molecule has 1 aliphatic heterocycles. The molecule has 0 saturated heterocycles. The van der Waals surface area contributed by atoms with E-state index in [0.717, 1.165) is 28.3 Å². The molecule has 1 amide bonds. The summed E-state index contributed by atoms with van der Waals surface area (Å²) < 4.78 is 0. The fraction of sp³-hybridized carbons (Fsp3) is 0.182. The monoisotopic (exact) mass is 360 g/mol. The third kappa shape index (κ3) is 2.20. The molecule has 2 aliphatic rings. The fourth-order valence-corrected chi connectivity index (χ4v) is 4.40. The maximum atomic E-state index is 13.5. The number of pyridine rings is 1. The van der Waals surface area contributed by atoms with Crippen molar-refractivity contribution in [1.29, 1.82) is 0 Å². The second-order valence-electron chi connectivity index (χ2n) is 7.05. The van der Waals surface area contributed by atoms with Gasteiger partial charge in [-0.05, 0) is 47.4 Å². The van der Waals surface area contributed by atoms with Crippen molar-refractivity contribution in [3.8, 4) is 0 Å². The van der Waals surface area contributed by atoms with Crippen LogP contribution in [0.2, 0.25) is 5.02 Å². The van der Waals surface area contributed by atoms with Crippen molar-refractivity contribution in [2.24, 2.45) is 0 Å². The molecule has 2 heterocycles. The molecule has 0 bridgehead atoms. The first-order valence-corrected chi connectivity index (χ1v) is 9.14. The number of amides is 1. The normalized spacial score (nSPS) is 23.3. The highest BCUT2D eigenvalue weighted by Gasteiger charge is 2.66. The van der Waals surface area contributed by atoms with E-state index in [2.05, 4.69) is 17.1 Å². The summed E-state index contributed by atoms with van der Waals surface area (Å²) in [6.45, 7) is 0.554. The Morgan fingerprint density at radius 1 is 1.08 bits per heavy atom. The molecule has 1 fully saturated rings. The van der Waals surface area contributed by atoms with Crippen molar-refractivity contribution in [3.63, 3.8) is 0 Å². The van der Waals surface area contributed by atoms with Gasteiger partial charge in [0.25, 0.3) is 0 Å². The number of nitrogens with zero attached hydrogens (tertiary/aromatic N) is 2. The molecule has 128 valence electrons.